The van der Waals surface area contributed by atoms with Crippen LogP contribution >= 0.6 is 0 Å². The minimum absolute atomic E-state index is 0.0787. The number of para-hydroxylation sites is 1. The van der Waals surface area contributed by atoms with E-state index in [4.69, 9.17) is 4.74 Å². The summed E-state index contributed by atoms with van der Waals surface area (Å²) in [5.74, 6) is -0.215. The highest BCUT2D eigenvalue weighted by atomic mass is 32.2. The van der Waals surface area contributed by atoms with Crippen LogP contribution in [0.15, 0.2) is 53.4 Å². The van der Waals surface area contributed by atoms with E-state index >= 15 is 0 Å². The number of benzene rings is 2. The van der Waals surface area contributed by atoms with Crippen LogP contribution < -0.4 is 4.74 Å². The molecule has 1 fully saturated rings. The molecule has 0 saturated carbocycles. The second-order valence-electron chi connectivity index (χ2n) is 9.26. The molecule has 1 amide bonds. The molecule has 6 heteroatoms. The van der Waals surface area contributed by atoms with Crippen LogP contribution in [0, 0.1) is 0 Å². The number of ether oxygens (including phenoxy) is 1. The van der Waals surface area contributed by atoms with Gasteiger partial charge in [0.15, 0.2) is 20.8 Å². The van der Waals surface area contributed by atoms with Gasteiger partial charge in [-0.25, -0.2) is 8.42 Å². The number of carbonyl (C=O) groups is 1. The molecular formula is C23H27NO4S. The summed E-state index contributed by atoms with van der Waals surface area (Å²) < 4.78 is 33.4. The molecule has 2 aliphatic rings. The predicted octanol–water partition coefficient (Wildman–Crippen LogP) is 3.88. The van der Waals surface area contributed by atoms with Crippen LogP contribution in [0.5, 0.6) is 5.75 Å². The molecule has 154 valence electrons. The van der Waals surface area contributed by atoms with Gasteiger partial charge in [-0.2, -0.15) is 0 Å². The zero-order valence-corrected chi connectivity index (χ0v) is 18.3. The summed E-state index contributed by atoms with van der Waals surface area (Å²) >= 11 is 0. The summed E-state index contributed by atoms with van der Waals surface area (Å²) in [7, 11) is -2.25. The zero-order valence-electron chi connectivity index (χ0n) is 17.5. The fourth-order valence-electron chi connectivity index (χ4n) is 4.39. The molecule has 0 N–H and O–H groups in total. The fraction of sp³-hybridized carbons (Fsp3) is 0.435. The van der Waals surface area contributed by atoms with E-state index in [1.165, 1.54) is 4.90 Å². The van der Waals surface area contributed by atoms with Gasteiger partial charge in [-0.1, -0.05) is 51.1 Å². The van der Waals surface area contributed by atoms with Crippen molar-refractivity contribution in [3.05, 3.63) is 59.7 Å². The molecular weight excluding hydrogens is 386 g/mol. The average Bonchev–Trinajstić information content (AvgIpc) is 2.65. The summed E-state index contributed by atoms with van der Waals surface area (Å²) in [6, 6.07) is 14.4. The highest BCUT2D eigenvalue weighted by molar-refractivity contribution is 7.92. The molecule has 2 aromatic rings. The van der Waals surface area contributed by atoms with Gasteiger partial charge in [-0.15, -0.1) is 0 Å². The average molecular weight is 414 g/mol. The Hall–Kier alpha value is -2.34. The lowest BCUT2D eigenvalue weighted by Gasteiger charge is -2.51. The van der Waals surface area contributed by atoms with Crippen LogP contribution in [0.25, 0.3) is 0 Å². The third-order valence-corrected chi connectivity index (χ3v) is 8.41. The van der Waals surface area contributed by atoms with Crippen LogP contribution in [0.4, 0.5) is 0 Å². The van der Waals surface area contributed by atoms with Gasteiger partial charge < -0.3 is 9.64 Å². The van der Waals surface area contributed by atoms with Crippen molar-refractivity contribution in [1.29, 1.82) is 0 Å². The van der Waals surface area contributed by atoms with E-state index in [2.05, 4.69) is 20.8 Å². The Labute approximate surface area is 172 Å². The Morgan fingerprint density at radius 2 is 1.69 bits per heavy atom. The first-order valence-corrected chi connectivity index (χ1v) is 11.4. The minimum atomic E-state index is -3.87. The Bertz CT molecular complexity index is 1070. The SMILES string of the molecule is CN1C(=O)[C@H](S(=O)(=O)c2ccc(C(C)(C)C)cc2)[C@H]2C[C@@]1(C)Oc1ccccc12. The highest BCUT2D eigenvalue weighted by Crippen LogP contribution is 2.49. The van der Waals surface area contributed by atoms with Crippen LogP contribution in [0.1, 0.15) is 51.2 Å². The Balaban J connectivity index is 1.82. The van der Waals surface area contributed by atoms with E-state index < -0.39 is 32.6 Å². The maximum absolute atomic E-state index is 13.6. The number of hydrogen-bond donors (Lipinski definition) is 0. The third kappa shape index (κ3) is 3.05. The van der Waals surface area contributed by atoms with Gasteiger partial charge >= 0.3 is 0 Å². The van der Waals surface area contributed by atoms with Crippen LogP contribution in [0.2, 0.25) is 0 Å². The summed E-state index contributed by atoms with van der Waals surface area (Å²) in [6.07, 6.45) is 0.441. The molecule has 0 aliphatic carbocycles. The molecule has 0 spiro atoms. The van der Waals surface area contributed by atoms with Gasteiger partial charge in [0.1, 0.15) is 5.75 Å². The van der Waals surface area contributed by atoms with E-state index in [0.717, 1.165) is 11.1 Å². The second kappa shape index (κ2) is 6.33. The van der Waals surface area contributed by atoms with E-state index in [1.807, 2.05) is 43.3 Å². The van der Waals surface area contributed by atoms with Crippen molar-refractivity contribution in [2.24, 2.45) is 0 Å². The quantitative estimate of drug-likeness (QED) is 0.750. The van der Waals surface area contributed by atoms with Crippen molar-refractivity contribution in [2.75, 3.05) is 7.05 Å². The van der Waals surface area contributed by atoms with Gasteiger partial charge in [0.05, 0.1) is 4.90 Å². The molecule has 5 nitrogen and oxygen atoms in total. The number of sulfone groups is 1. The van der Waals surface area contributed by atoms with Crippen LogP contribution in [-0.4, -0.2) is 37.2 Å². The number of fused-ring (bicyclic) bond motifs is 4. The lowest BCUT2D eigenvalue weighted by Crippen LogP contribution is -2.64. The number of rotatable bonds is 2. The topological polar surface area (TPSA) is 63.7 Å². The summed E-state index contributed by atoms with van der Waals surface area (Å²) in [6.45, 7) is 8.08. The molecule has 3 atom stereocenters. The first kappa shape index (κ1) is 20.0. The summed E-state index contributed by atoms with van der Waals surface area (Å²) in [4.78, 5) is 14.9. The minimum Gasteiger partial charge on any atom is -0.468 e. The molecule has 2 heterocycles. The molecule has 2 aliphatic heterocycles. The van der Waals surface area contributed by atoms with Crippen molar-refractivity contribution in [1.82, 2.24) is 4.90 Å². The van der Waals surface area contributed by atoms with E-state index in [9.17, 15) is 13.2 Å². The van der Waals surface area contributed by atoms with Gasteiger partial charge in [-0.05, 0) is 41.7 Å². The number of hydrogen-bond acceptors (Lipinski definition) is 4. The lowest BCUT2D eigenvalue weighted by molar-refractivity contribution is -0.159. The van der Waals surface area contributed by atoms with Crippen molar-refractivity contribution in [3.8, 4) is 5.75 Å². The van der Waals surface area contributed by atoms with Crippen LogP contribution in [0.3, 0.4) is 0 Å². The monoisotopic (exact) mass is 413 g/mol. The lowest BCUT2D eigenvalue weighted by atomic mass is 9.80. The number of nitrogens with zero attached hydrogens (tertiary/aromatic N) is 1. The molecule has 0 aromatic heterocycles. The standard InChI is InChI=1S/C23H27NO4S/c1-22(2,3)15-10-12-16(13-11-15)29(26,27)20-18-14-23(4,24(5)21(20)25)28-19-9-7-6-8-17(18)19/h6-13,18,20H,14H2,1-5H3/t18-,20+,23+/m0/s1. The van der Waals surface area contributed by atoms with Gasteiger partial charge in [-0.3, -0.25) is 4.79 Å². The summed E-state index contributed by atoms with van der Waals surface area (Å²) in [5, 5.41) is -1.16. The van der Waals surface area contributed by atoms with Crippen molar-refractivity contribution in [3.63, 3.8) is 0 Å². The number of carbonyl (C=O) groups excluding carboxylic acids is 1. The molecule has 29 heavy (non-hydrogen) atoms. The Morgan fingerprint density at radius 3 is 2.31 bits per heavy atom. The molecule has 0 radical (unpaired) electrons. The number of amides is 1. The van der Waals surface area contributed by atoms with E-state index in [-0.39, 0.29) is 10.3 Å². The first-order valence-electron chi connectivity index (χ1n) is 9.85. The second-order valence-corrected chi connectivity index (χ2v) is 11.3. The van der Waals surface area contributed by atoms with Gasteiger partial charge in [0, 0.05) is 19.4 Å². The number of piperidine rings is 1. The van der Waals surface area contributed by atoms with Crippen molar-refractivity contribution in [2.45, 2.75) is 61.3 Å². The molecule has 0 unspecified atom stereocenters. The smallest absolute Gasteiger partial charge is 0.244 e. The van der Waals surface area contributed by atoms with Crippen molar-refractivity contribution < 1.29 is 17.9 Å². The van der Waals surface area contributed by atoms with Crippen molar-refractivity contribution >= 4 is 15.7 Å². The van der Waals surface area contributed by atoms with E-state index in [1.54, 1.807) is 19.2 Å². The molecule has 1 saturated heterocycles. The zero-order chi connectivity index (χ0) is 21.2. The Morgan fingerprint density at radius 1 is 1.07 bits per heavy atom. The van der Waals surface area contributed by atoms with Gasteiger partial charge in [0.2, 0.25) is 5.91 Å². The normalized spacial score (nSPS) is 26.7. The maximum Gasteiger partial charge on any atom is 0.244 e. The maximum atomic E-state index is 13.6. The number of likely N-dealkylation sites (tertiary alicyclic amines) is 1. The molecule has 2 bridgehead atoms. The van der Waals surface area contributed by atoms with E-state index in [0.29, 0.717) is 12.2 Å². The third-order valence-electron chi connectivity index (χ3n) is 6.28. The largest absolute Gasteiger partial charge is 0.468 e. The summed E-state index contributed by atoms with van der Waals surface area (Å²) in [5.41, 5.74) is 0.905. The van der Waals surface area contributed by atoms with Gasteiger partial charge in [0.25, 0.3) is 0 Å². The Kier molecular flexibility index (Phi) is 4.35. The first-order chi connectivity index (χ1) is 13.4. The van der Waals surface area contributed by atoms with Crippen LogP contribution in [-0.2, 0) is 20.0 Å². The fourth-order valence-corrected chi connectivity index (χ4v) is 6.30. The predicted molar refractivity (Wildman–Crippen MR) is 112 cm³/mol. The highest BCUT2D eigenvalue weighted by Gasteiger charge is 2.56. The molecule has 2 aromatic carbocycles. The molecule has 4 rings (SSSR count).